The van der Waals surface area contributed by atoms with Crippen LogP contribution in [0.15, 0.2) is 35.5 Å². The number of hydrogen-bond donors (Lipinski definition) is 3. The highest BCUT2D eigenvalue weighted by molar-refractivity contribution is 7.92. The molecule has 3 N–H and O–H groups in total. The number of sulfonamides is 1. The number of anilines is 1. The minimum Gasteiger partial charge on any atom is -0.316 e. The predicted octanol–water partition coefficient (Wildman–Crippen LogP) is 1.07. The molecular formula is C11H13FN4O2S. The highest BCUT2D eigenvalue weighted by Gasteiger charge is 2.20. The molecule has 0 radical (unpaired) electrons. The molecule has 6 nitrogen and oxygen atoms in total. The number of aromatic amines is 1. The zero-order valence-corrected chi connectivity index (χ0v) is 11.0. The van der Waals surface area contributed by atoms with Gasteiger partial charge in [0.25, 0.3) is 10.0 Å². The molecule has 0 amide bonds. The molecule has 0 atom stereocenters. The van der Waals surface area contributed by atoms with Gasteiger partial charge in [0.1, 0.15) is 5.82 Å². The van der Waals surface area contributed by atoms with Gasteiger partial charge in [0.2, 0.25) is 0 Å². The van der Waals surface area contributed by atoms with Crippen LogP contribution in [0.25, 0.3) is 0 Å². The predicted molar refractivity (Wildman–Crippen MR) is 68.6 cm³/mol. The molecule has 2 aromatic rings. The van der Waals surface area contributed by atoms with E-state index in [0.29, 0.717) is 12.1 Å². The fourth-order valence-corrected chi connectivity index (χ4v) is 2.76. The summed E-state index contributed by atoms with van der Waals surface area (Å²) in [5, 5.41) is 9.01. The molecule has 0 fully saturated rings. The standard InChI is InChI=1S/C11H13FN4O2S/c1-13-6-8-7-14-15-11(8)19(17,18)16-10-4-2-9(12)3-5-10/h2-5,7,13,16H,6H2,1H3,(H,14,15). The van der Waals surface area contributed by atoms with Crippen molar-refractivity contribution in [3.05, 3.63) is 41.8 Å². The SMILES string of the molecule is CNCc1cn[nH]c1S(=O)(=O)Nc1ccc(F)cc1. The van der Waals surface area contributed by atoms with Gasteiger partial charge in [-0.1, -0.05) is 0 Å². The van der Waals surface area contributed by atoms with E-state index in [1.807, 2.05) is 0 Å². The first kappa shape index (κ1) is 13.5. The van der Waals surface area contributed by atoms with E-state index in [9.17, 15) is 12.8 Å². The second-order valence-electron chi connectivity index (χ2n) is 3.87. The Labute approximate surface area is 110 Å². The average Bonchev–Trinajstić information content (AvgIpc) is 2.81. The zero-order valence-electron chi connectivity index (χ0n) is 10.1. The summed E-state index contributed by atoms with van der Waals surface area (Å²) in [7, 11) is -2.06. The highest BCUT2D eigenvalue weighted by atomic mass is 32.2. The van der Waals surface area contributed by atoms with E-state index in [1.54, 1.807) is 7.05 Å². The average molecular weight is 284 g/mol. The Bertz CT molecular complexity index is 652. The van der Waals surface area contributed by atoms with Crippen LogP contribution in [0, 0.1) is 5.82 Å². The van der Waals surface area contributed by atoms with Gasteiger partial charge in [-0.25, -0.2) is 4.39 Å². The van der Waals surface area contributed by atoms with E-state index in [2.05, 4.69) is 20.2 Å². The number of benzene rings is 1. The van der Waals surface area contributed by atoms with E-state index in [0.717, 1.165) is 0 Å². The minimum atomic E-state index is -3.77. The van der Waals surface area contributed by atoms with Crippen molar-refractivity contribution in [3.8, 4) is 0 Å². The molecule has 0 saturated carbocycles. The van der Waals surface area contributed by atoms with Gasteiger partial charge in [-0.15, -0.1) is 0 Å². The number of aromatic nitrogens is 2. The normalized spacial score (nSPS) is 11.5. The minimum absolute atomic E-state index is 0.00817. The maximum Gasteiger partial charge on any atom is 0.279 e. The lowest BCUT2D eigenvalue weighted by atomic mass is 10.3. The molecule has 0 aliphatic carbocycles. The third kappa shape index (κ3) is 3.09. The van der Waals surface area contributed by atoms with Gasteiger partial charge in [-0.2, -0.15) is 13.5 Å². The summed E-state index contributed by atoms with van der Waals surface area (Å²) < 4.78 is 39.4. The summed E-state index contributed by atoms with van der Waals surface area (Å²) in [6.07, 6.45) is 1.44. The molecule has 19 heavy (non-hydrogen) atoms. The summed E-state index contributed by atoms with van der Waals surface area (Å²) in [6, 6.07) is 5.06. The van der Waals surface area contributed by atoms with Gasteiger partial charge in [-0.05, 0) is 31.3 Å². The van der Waals surface area contributed by atoms with Crippen molar-refractivity contribution in [2.24, 2.45) is 0 Å². The molecule has 1 heterocycles. The number of H-pyrrole nitrogens is 1. The van der Waals surface area contributed by atoms with Crippen LogP contribution in [-0.2, 0) is 16.6 Å². The van der Waals surface area contributed by atoms with E-state index in [4.69, 9.17) is 0 Å². The molecule has 8 heteroatoms. The van der Waals surface area contributed by atoms with E-state index in [1.165, 1.54) is 30.5 Å². The lowest BCUT2D eigenvalue weighted by molar-refractivity contribution is 0.595. The summed E-state index contributed by atoms with van der Waals surface area (Å²) in [5.41, 5.74) is 0.809. The van der Waals surface area contributed by atoms with Crippen LogP contribution >= 0.6 is 0 Å². The van der Waals surface area contributed by atoms with Crippen LogP contribution in [-0.4, -0.2) is 25.7 Å². The first-order chi connectivity index (χ1) is 9.03. The van der Waals surface area contributed by atoms with Crippen LogP contribution < -0.4 is 10.0 Å². The van der Waals surface area contributed by atoms with Gasteiger partial charge >= 0.3 is 0 Å². The van der Waals surface area contributed by atoms with Gasteiger partial charge in [0.05, 0.1) is 6.20 Å². The monoisotopic (exact) mass is 284 g/mol. The van der Waals surface area contributed by atoms with Crippen molar-refractivity contribution in [2.45, 2.75) is 11.6 Å². The summed E-state index contributed by atoms with van der Waals surface area (Å²) in [6.45, 7) is 0.371. The molecule has 0 unspecified atom stereocenters. The molecule has 0 aliphatic rings. The molecule has 0 spiro atoms. The third-order valence-electron chi connectivity index (χ3n) is 2.41. The quantitative estimate of drug-likeness (QED) is 0.766. The Morgan fingerprint density at radius 3 is 2.63 bits per heavy atom. The number of hydrogen-bond acceptors (Lipinski definition) is 4. The van der Waals surface area contributed by atoms with Crippen molar-refractivity contribution in [1.82, 2.24) is 15.5 Å². The van der Waals surface area contributed by atoms with E-state index in [-0.39, 0.29) is 10.7 Å². The van der Waals surface area contributed by atoms with Crippen LogP contribution in [0.3, 0.4) is 0 Å². The number of rotatable bonds is 5. The third-order valence-corrected chi connectivity index (χ3v) is 3.81. The molecule has 0 aliphatic heterocycles. The summed E-state index contributed by atoms with van der Waals surface area (Å²) in [4.78, 5) is 0. The van der Waals surface area contributed by atoms with E-state index < -0.39 is 15.8 Å². The highest BCUT2D eigenvalue weighted by Crippen LogP contribution is 2.17. The van der Waals surface area contributed by atoms with Crippen LogP contribution in [0.1, 0.15) is 5.56 Å². The van der Waals surface area contributed by atoms with Gasteiger partial charge < -0.3 is 5.32 Å². The van der Waals surface area contributed by atoms with Crippen LogP contribution in [0.4, 0.5) is 10.1 Å². The zero-order chi connectivity index (χ0) is 13.9. The Kier molecular flexibility index (Phi) is 3.82. The molecule has 0 saturated heterocycles. The molecule has 2 rings (SSSR count). The molecule has 102 valence electrons. The lowest BCUT2D eigenvalue weighted by Gasteiger charge is -2.08. The smallest absolute Gasteiger partial charge is 0.279 e. The van der Waals surface area contributed by atoms with Crippen molar-refractivity contribution >= 4 is 15.7 Å². The second kappa shape index (κ2) is 5.37. The number of nitrogens with one attached hydrogen (secondary N) is 3. The molecular weight excluding hydrogens is 271 g/mol. The fraction of sp³-hybridized carbons (Fsp3) is 0.182. The topological polar surface area (TPSA) is 86.9 Å². The first-order valence-corrected chi connectivity index (χ1v) is 6.96. The van der Waals surface area contributed by atoms with Crippen molar-refractivity contribution in [2.75, 3.05) is 11.8 Å². The molecule has 0 bridgehead atoms. The van der Waals surface area contributed by atoms with Crippen molar-refractivity contribution in [1.29, 1.82) is 0 Å². The maximum absolute atomic E-state index is 12.8. The maximum atomic E-state index is 12.8. The Balaban J connectivity index is 2.27. The van der Waals surface area contributed by atoms with Crippen molar-refractivity contribution < 1.29 is 12.8 Å². The fourth-order valence-electron chi connectivity index (χ4n) is 1.57. The van der Waals surface area contributed by atoms with Gasteiger partial charge in [0, 0.05) is 17.8 Å². The van der Waals surface area contributed by atoms with Gasteiger partial charge in [-0.3, -0.25) is 9.82 Å². The van der Waals surface area contributed by atoms with Crippen LogP contribution in [0.5, 0.6) is 0 Å². The van der Waals surface area contributed by atoms with Crippen LogP contribution in [0.2, 0.25) is 0 Å². The van der Waals surface area contributed by atoms with Gasteiger partial charge in [0.15, 0.2) is 5.03 Å². The Morgan fingerprint density at radius 2 is 2.00 bits per heavy atom. The van der Waals surface area contributed by atoms with E-state index >= 15 is 0 Å². The van der Waals surface area contributed by atoms with Crippen molar-refractivity contribution in [3.63, 3.8) is 0 Å². The largest absolute Gasteiger partial charge is 0.316 e. The Hall–Kier alpha value is -1.93. The second-order valence-corrected chi connectivity index (χ2v) is 5.49. The molecule has 1 aromatic heterocycles. The summed E-state index contributed by atoms with van der Waals surface area (Å²) >= 11 is 0. The lowest BCUT2D eigenvalue weighted by Crippen LogP contribution is -2.17. The number of halogens is 1. The molecule has 1 aromatic carbocycles. The summed E-state index contributed by atoms with van der Waals surface area (Å²) in [5.74, 6) is -0.430. The first-order valence-electron chi connectivity index (χ1n) is 5.48. The number of nitrogens with zero attached hydrogens (tertiary/aromatic N) is 1. The Morgan fingerprint density at radius 1 is 1.32 bits per heavy atom.